The minimum atomic E-state index is -0.757. The fraction of sp³-hybridized carbons (Fsp3) is 0.375. The van der Waals surface area contributed by atoms with E-state index in [4.69, 9.17) is 25.5 Å². The van der Waals surface area contributed by atoms with E-state index in [9.17, 15) is 9.59 Å². The van der Waals surface area contributed by atoms with Crippen LogP contribution in [0.1, 0.15) is 32.4 Å². The van der Waals surface area contributed by atoms with Crippen molar-refractivity contribution in [2.24, 2.45) is 0 Å². The fourth-order valence-electron chi connectivity index (χ4n) is 2.64. The van der Waals surface area contributed by atoms with Crippen molar-refractivity contribution in [2.75, 3.05) is 0 Å². The van der Waals surface area contributed by atoms with Crippen LogP contribution in [0.2, 0.25) is 0 Å². The van der Waals surface area contributed by atoms with Crippen LogP contribution in [-0.2, 0) is 9.53 Å². The Bertz CT molecular complexity index is 808. The number of benzene rings is 1. The molecule has 0 amide bonds. The molecule has 0 spiro atoms. The number of hydrogen-bond donors (Lipinski definition) is 0. The predicted molar refractivity (Wildman–Crippen MR) is 81.3 cm³/mol. The van der Waals surface area contributed by atoms with Gasteiger partial charge in [0.25, 0.3) is 0 Å². The molecule has 1 aliphatic heterocycles. The second kappa shape index (κ2) is 5.02. The number of rotatable bonds is 1. The van der Waals surface area contributed by atoms with E-state index in [0.717, 1.165) is 0 Å². The summed E-state index contributed by atoms with van der Waals surface area (Å²) in [5.74, 6) is 0.0320. The van der Waals surface area contributed by atoms with E-state index in [1.807, 2.05) is 13.8 Å². The number of halogens is 1. The molecule has 2 aromatic rings. The summed E-state index contributed by atoms with van der Waals surface area (Å²) in [4.78, 5) is 23.0. The average Bonchev–Trinajstić information content (AvgIpc) is 2.42. The highest BCUT2D eigenvalue weighted by atomic mass is 35.5. The van der Waals surface area contributed by atoms with E-state index >= 15 is 0 Å². The molecule has 6 heteroatoms. The van der Waals surface area contributed by atoms with Gasteiger partial charge in [0.1, 0.15) is 22.3 Å². The maximum Gasteiger partial charge on any atom is 0.336 e. The van der Waals surface area contributed by atoms with Gasteiger partial charge in [0.2, 0.25) is 0 Å². The van der Waals surface area contributed by atoms with Gasteiger partial charge in [-0.3, -0.25) is 4.79 Å². The topological polar surface area (TPSA) is 65.7 Å². The van der Waals surface area contributed by atoms with Crippen molar-refractivity contribution >= 4 is 28.5 Å². The van der Waals surface area contributed by atoms with Crippen LogP contribution < -0.4 is 10.4 Å². The quantitative estimate of drug-likeness (QED) is 0.458. The van der Waals surface area contributed by atoms with Crippen molar-refractivity contribution < 1.29 is 18.7 Å². The maximum absolute atomic E-state index is 11.6. The van der Waals surface area contributed by atoms with E-state index in [1.165, 1.54) is 13.0 Å². The molecule has 0 aliphatic carbocycles. The molecule has 0 radical (unpaired) electrons. The minimum absolute atomic E-state index is 0.331. The largest absolute Gasteiger partial charge is 0.486 e. The molecule has 0 saturated carbocycles. The Morgan fingerprint density at radius 1 is 1.27 bits per heavy atom. The van der Waals surface area contributed by atoms with E-state index in [2.05, 4.69) is 0 Å². The van der Waals surface area contributed by atoms with Crippen LogP contribution in [0.15, 0.2) is 33.5 Å². The zero-order valence-corrected chi connectivity index (χ0v) is 13.1. The summed E-state index contributed by atoms with van der Waals surface area (Å²) in [5.41, 5.74) is -0.405. The molecule has 116 valence electrons. The molecule has 0 saturated heterocycles. The van der Waals surface area contributed by atoms with E-state index in [-0.39, 0.29) is 0 Å². The monoisotopic (exact) mass is 322 g/mol. The Kier molecular flexibility index (Phi) is 3.40. The molecular formula is C16H15ClO5. The SMILES string of the molecule is CC(=O)O[C@H]1c2c(ccc3ccc(=O)oc23)OC(C)(C)[C@H]1Cl. The predicted octanol–water partition coefficient (Wildman–Crippen LogP) is 3.18. The highest BCUT2D eigenvalue weighted by molar-refractivity contribution is 6.22. The number of fused-ring (bicyclic) bond motifs is 3. The minimum Gasteiger partial charge on any atom is -0.486 e. The summed E-state index contributed by atoms with van der Waals surface area (Å²) in [5, 5.41) is 0.0858. The van der Waals surface area contributed by atoms with Gasteiger partial charge in [-0.2, -0.15) is 0 Å². The van der Waals surface area contributed by atoms with Crippen LogP contribution in [0.4, 0.5) is 0 Å². The summed E-state index contributed by atoms with van der Waals surface area (Å²) in [6, 6.07) is 6.53. The lowest BCUT2D eigenvalue weighted by Gasteiger charge is -2.41. The summed E-state index contributed by atoms with van der Waals surface area (Å²) in [7, 11) is 0. The van der Waals surface area contributed by atoms with Crippen molar-refractivity contribution in [3.63, 3.8) is 0 Å². The van der Waals surface area contributed by atoms with Crippen LogP contribution in [0.25, 0.3) is 11.0 Å². The Balaban J connectivity index is 2.30. The van der Waals surface area contributed by atoms with Crippen molar-refractivity contribution in [1.82, 2.24) is 0 Å². The molecule has 1 aliphatic rings. The smallest absolute Gasteiger partial charge is 0.336 e. The van der Waals surface area contributed by atoms with Gasteiger partial charge in [-0.05, 0) is 32.0 Å². The highest BCUT2D eigenvalue weighted by Crippen LogP contribution is 2.47. The standard InChI is InChI=1S/C16H15ClO5/c1-8(18)20-14-12-10(22-16(2,3)15(14)17)6-4-9-5-7-11(19)21-13(9)12/h4-7,14-15H,1-3H3/t14-,15-/m0/s1. The molecule has 1 aromatic heterocycles. The van der Waals surface area contributed by atoms with E-state index in [1.54, 1.807) is 18.2 Å². The van der Waals surface area contributed by atoms with Crippen molar-refractivity contribution in [1.29, 1.82) is 0 Å². The number of alkyl halides is 1. The van der Waals surface area contributed by atoms with E-state index in [0.29, 0.717) is 22.3 Å². The molecule has 0 fully saturated rings. The Morgan fingerprint density at radius 2 is 1.95 bits per heavy atom. The van der Waals surface area contributed by atoms with Gasteiger partial charge in [0.15, 0.2) is 6.10 Å². The lowest BCUT2D eigenvalue weighted by molar-refractivity contribution is -0.149. The van der Waals surface area contributed by atoms with Gasteiger partial charge < -0.3 is 13.9 Å². The Labute approximate surface area is 131 Å². The van der Waals surface area contributed by atoms with E-state index < -0.39 is 28.7 Å². The Morgan fingerprint density at radius 3 is 2.64 bits per heavy atom. The second-order valence-electron chi connectivity index (χ2n) is 5.79. The third kappa shape index (κ3) is 2.35. The summed E-state index contributed by atoms with van der Waals surface area (Å²) in [6.07, 6.45) is -0.757. The lowest BCUT2D eigenvalue weighted by Crippen LogP contribution is -2.46. The van der Waals surface area contributed by atoms with Gasteiger partial charge in [-0.25, -0.2) is 4.79 Å². The second-order valence-corrected chi connectivity index (χ2v) is 6.26. The molecule has 0 bridgehead atoms. The number of esters is 1. The summed E-state index contributed by atoms with van der Waals surface area (Å²) >= 11 is 6.46. The lowest BCUT2D eigenvalue weighted by atomic mass is 9.90. The zero-order chi connectivity index (χ0) is 16.1. The first-order chi connectivity index (χ1) is 10.3. The normalized spacial score (nSPS) is 22.7. The van der Waals surface area contributed by atoms with Gasteiger partial charge in [0.05, 0.1) is 5.56 Å². The summed E-state index contributed by atoms with van der Waals surface area (Å²) < 4.78 is 16.6. The van der Waals surface area contributed by atoms with Crippen LogP contribution in [0.5, 0.6) is 5.75 Å². The number of carbonyl (C=O) groups is 1. The molecular weight excluding hydrogens is 308 g/mol. The van der Waals surface area contributed by atoms with Gasteiger partial charge in [0, 0.05) is 18.4 Å². The number of carbonyl (C=O) groups excluding carboxylic acids is 1. The molecule has 5 nitrogen and oxygen atoms in total. The average molecular weight is 323 g/mol. The van der Waals surface area contributed by atoms with Gasteiger partial charge in [-0.1, -0.05) is 0 Å². The van der Waals surface area contributed by atoms with Crippen molar-refractivity contribution in [3.05, 3.63) is 40.2 Å². The van der Waals surface area contributed by atoms with Gasteiger partial charge in [-0.15, -0.1) is 11.6 Å². The molecule has 22 heavy (non-hydrogen) atoms. The first kappa shape index (κ1) is 14.9. The molecule has 2 atom stereocenters. The number of ether oxygens (including phenoxy) is 2. The zero-order valence-electron chi connectivity index (χ0n) is 12.4. The highest BCUT2D eigenvalue weighted by Gasteiger charge is 2.46. The maximum atomic E-state index is 11.6. The molecule has 1 aromatic carbocycles. The first-order valence-corrected chi connectivity index (χ1v) is 7.30. The number of hydrogen-bond acceptors (Lipinski definition) is 5. The van der Waals surface area contributed by atoms with Crippen LogP contribution in [0, 0.1) is 0 Å². The van der Waals surface area contributed by atoms with Crippen molar-refractivity contribution in [3.8, 4) is 5.75 Å². The molecule has 0 N–H and O–H groups in total. The van der Waals surface area contributed by atoms with Crippen LogP contribution in [-0.4, -0.2) is 16.9 Å². The first-order valence-electron chi connectivity index (χ1n) is 6.86. The Hall–Kier alpha value is -2.01. The molecule has 3 rings (SSSR count). The van der Waals surface area contributed by atoms with Crippen LogP contribution >= 0.6 is 11.6 Å². The third-order valence-electron chi connectivity index (χ3n) is 3.67. The molecule has 0 unspecified atom stereocenters. The molecule has 2 heterocycles. The van der Waals surface area contributed by atoms with Crippen molar-refractivity contribution in [2.45, 2.75) is 37.9 Å². The third-order valence-corrected chi connectivity index (χ3v) is 4.42. The summed E-state index contributed by atoms with van der Waals surface area (Å²) in [6.45, 7) is 4.94. The van der Waals surface area contributed by atoms with Crippen LogP contribution in [0.3, 0.4) is 0 Å². The fourth-order valence-corrected chi connectivity index (χ4v) is 2.86. The van der Waals surface area contributed by atoms with Gasteiger partial charge >= 0.3 is 11.6 Å².